The Morgan fingerprint density at radius 1 is 1.07 bits per heavy atom. The second-order valence-electron chi connectivity index (χ2n) is 5.91. The zero-order valence-corrected chi connectivity index (χ0v) is 10.1. The minimum absolute atomic E-state index is 0.268. The Labute approximate surface area is 88.9 Å². The molecule has 0 aromatic heterocycles. The molecule has 1 rings (SSSR count). The van der Waals surface area contributed by atoms with E-state index in [1.54, 1.807) is 0 Å². The van der Waals surface area contributed by atoms with Crippen LogP contribution in [0.3, 0.4) is 0 Å². The molecular weight excluding hydrogens is 172 g/mol. The van der Waals surface area contributed by atoms with Crippen LogP contribution in [0.2, 0.25) is 0 Å². The van der Waals surface area contributed by atoms with Crippen molar-refractivity contribution >= 4 is 0 Å². The van der Waals surface area contributed by atoms with E-state index in [1.807, 2.05) is 0 Å². The van der Waals surface area contributed by atoms with Crippen molar-refractivity contribution in [1.82, 2.24) is 0 Å². The minimum Gasteiger partial charge on any atom is -0.396 e. The maximum atomic E-state index is 9.51. The van der Waals surface area contributed by atoms with E-state index in [9.17, 15) is 5.11 Å². The van der Waals surface area contributed by atoms with Crippen molar-refractivity contribution in [2.75, 3.05) is 6.61 Å². The van der Waals surface area contributed by atoms with Crippen LogP contribution in [0.15, 0.2) is 0 Å². The first-order chi connectivity index (χ1) is 6.55. The lowest BCUT2D eigenvalue weighted by Crippen LogP contribution is -2.31. The summed E-state index contributed by atoms with van der Waals surface area (Å²) in [6.07, 6.45) is 8.22. The number of rotatable bonds is 2. The van der Waals surface area contributed by atoms with Crippen LogP contribution in [-0.4, -0.2) is 11.7 Å². The Morgan fingerprint density at radius 3 is 1.93 bits per heavy atom. The standard InChI is InChI=1S/C13H26O/c1-13(2,3)12(10-14)11-8-6-4-5-7-9-11/h11-12,14H,4-10H2,1-3H3. The molecule has 0 radical (unpaired) electrons. The molecule has 1 aliphatic rings. The van der Waals surface area contributed by atoms with Gasteiger partial charge in [-0.3, -0.25) is 0 Å². The molecule has 0 aliphatic heterocycles. The topological polar surface area (TPSA) is 20.2 Å². The van der Waals surface area contributed by atoms with Crippen molar-refractivity contribution in [1.29, 1.82) is 0 Å². The van der Waals surface area contributed by atoms with Crippen molar-refractivity contribution in [3.05, 3.63) is 0 Å². The van der Waals surface area contributed by atoms with Crippen LogP contribution in [-0.2, 0) is 0 Å². The first-order valence-electron chi connectivity index (χ1n) is 6.16. The quantitative estimate of drug-likeness (QED) is 0.672. The molecule has 1 unspecified atom stereocenters. The van der Waals surface area contributed by atoms with Gasteiger partial charge in [0.05, 0.1) is 0 Å². The van der Waals surface area contributed by atoms with E-state index in [0.29, 0.717) is 12.5 Å². The lowest BCUT2D eigenvalue weighted by atomic mass is 9.71. The van der Waals surface area contributed by atoms with Gasteiger partial charge in [0.25, 0.3) is 0 Å². The van der Waals surface area contributed by atoms with Gasteiger partial charge in [-0.05, 0) is 17.3 Å². The van der Waals surface area contributed by atoms with E-state index in [-0.39, 0.29) is 5.41 Å². The van der Waals surface area contributed by atoms with Gasteiger partial charge < -0.3 is 5.11 Å². The van der Waals surface area contributed by atoms with Crippen LogP contribution in [0.1, 0.15) is 59.3 Å². The minimum atomic E-state index is 0.268. The summed E-state index contributed by atoms with van der Waals surface area (Å²) >= 11 is 0. The SMILES string of the molecule is CC(C)(C)C(CO)C1CCCCCC1. The molecule has 1 saturated carbocycles. The van der Waals surface area contributed by atoms with Crippen molar-refractivity contribution in [3.8, 4) is 0 Å². The molecule has 0 amide bonds. The lowest BCUT2D eigenvalue weighted by molar-refractivity contribution is 0.0709. The zero-order chi connectivity index (χ0) is 10.6. The molecule has 1 atom stereocenters. The Kier molecular flexibility index (Phi) is 4.43. The molecule has 0 aromatic carbocycles. The van der Waals surface area contributed by atoms with Gasteiger partial charge in [0, 0.05) is 6.61 Å². The van der Waals surface area contributed by atoms with E-state index in [0.717, 1.165) is 5.92 Å². The molecule has 1 nitrogen and oxygen atoms in total. The van der Waals surface area contributed by atoms with Crippen LogP contribution in [0.4, 0.5) is 0 Å². The fourth-order valence-corrected chi connectivity index (χ4v) is 2.84. The Morgan fingerprint density at radius 2 is 1.57 bits per heavy atom. The van der Waals surface area contributed by atoms with Gasteiger partial charge in [-0.1, -0.05) is 59.3 Å². The first-order valence-corrected chi connectivity index (χ1v) is 6.16. The number of aliphatic hydroxyl groups excluding tert-OH is 1. The van der Waals surface area contributed by atoms with Crippen LogP contribution in [0.25, 0.3) is 0 Å². The van der Waals surface area contributed by atoms with Gasteiger partial charge in [0.2, 0.25) is 0 Å². The maximum absolute atomic E-state index is 9.51. The van der Waals surface area contributed by atoms with E-state index in [4.69, 9.17) is 0 Å². The predicted octanol–water partition coefficient (Wildman–Crippen LogP) is 3.61. The Hall–Kier alpha value is -0.0400. The highest BCUT2D eigenvalue weighted by Crippen LogP contribution is 2.38. The fourth-order valence-electron chi connectivity index (χ4n) is 2.84. The smallest absolute Gasteiger partial charge is 0.0466 e. The molecule has 0 spiro atoms. The van der Waals surface area contributed by atoms with E-state index in [2.05, 4.69) is 20.8 Å². The van der Waals surface area contributed by atoms with Gasteiger partial charge in [0.1, 0.15) is 0 Å². The number of hydrogen-bond acceptors (Lipinski definition) is 1. The van der Waals surface area contributed by atoms with E-state index in [1.165, 1.54) is 38.5 Å². The summed E-state index contributed by atoms with van der Waals surface area (Å²) in [5, 5.41) is 9.51. The third-order valence-corrected chi connectivity index (χ3v) is 3.78. The second kappa shape index (κ2) is 5.16. The first kappa shape index (κ1) is 12.0. The molecule has 0 bridgehead atoms. The summed E-state index contributed by atoms with van der Waals surface area (Å²) in [5.74, 6) is 1.27. The Balaban J connectivity index is 2.58. The molecule has 1 heteroatoms. The molecular formula is C13H26O. The fraction of sp³-hybridized carbons (Fsp3) is 1.00. The third kappa shape index (κ3) is 3.27. The summed E-state index contributed by atoms with van der Waals surface area (Å²) in [6.45, 7) is 7.16. The van der Waals surface area contributed by atoms with Crippen LogP contribution in [0, 0.1) is 17.3 Å². The highest BCUT2D eigenvalue weighted by molar-refractivity contribution is 4.81. The van der Waals surface area contributed by atoms with E-state index < -0.39 is 0 Å². The van der Waals surface area contributed by atoms with Crippen LogP contribution < -0.4 is 0 Å². The summed E-state index contributed by atoms with van der Waals surface area (Å²) < 4.78 is 0. The van der Waals surface area contributed by atoms with Crippen LogP contribution >= 0.6 is 0 Å². The van der Waals surface area contributed by atoms with Crippen molar-refractivity contribution in [2.45, 2.75) is 59.3 Å². The molecule has 1 N–H and O–H groups in total. The molecule has 0 saturated heterocycles. The number of hydrogen-bond donors (Lipinski definition) is 1. The van der Waals surface area contributed by atoms with Crippen molar-refractivity contribution in [3.63, 3.8) is 0 Å². The highest BCUT2D eigenvalue weighted by Gasteiger charge is 2.31. The summed E-state index contributed by atoms with van der Waals surface area (Å²) in [7, 11) is 0. The monoisotopic (exact) mass is 198 g/mol. The van der Waals surface area contributed by atoms with Gasteiger partial charge in [-0.15, -0.1) is 0 Å². The second-order valence-corrected chi connectivity index (χ2v) is 5.91. The summed E-state index contributed by atoms with van der Waals surface area (Å²) in [4.78, 5) is 0. The lowest BCUT2D eigenvalue weighted by Gasteiger charge is -2.35. The average molecular weight is 198 g/mol. The normalized spacial score (nSPS) is 23.1. The van der Waals surface area contributed by atoms with E-state index >= 15 is 0 Å². The van der Waals surface area contributed by atoms with Crippen molar-refractivity contribution < 1.29 is 5.11 Å². The zero-order valence-electron chi connectivity index (χ0n) is 10.1. The number of aliphatic hydroxyl groups is 1. The molecule has 0 heterocycles. The molecule has 84 valence electrons. The average Bonchev–Trinajstić information content (AvgIpc) is 2.31. The highest BCUT2D eigenvalue weighted by atomic mass is 16.3. The predicted molar refractivity (Wildman–Crippen MR) is 61.2 cm³/mol. The van der Waals surface area contributed by atoms with Gasteiger partial charge in [0.15, 0.2) is 0 Å². The van der Waals surface area contributed by atoms with Crippen molar-refractivity contribution in [2.24, 2.45) is 17.3 Å². The Bertz CT molecular complexity index is 149. The van der Waals surface area contributed by atoms with Crippen LogP contribution in [0.5, 0.6) is 0 Å². The molecule has 1 fully saturated rings. The maximum Gasteiger partial charge on any atom is 0.0466 e. The van der Waals surface area contributed by atoms with Gasteiger partial charge in [-0.2, -0.15) is 0 Å². The molecule has 14 heavy (non-hydrogen) atoms. The largest absolute Gasteiger partial charge is 0.396 e. The molecule has 1 aliphatic carbocycles. The van der Waals surface area contributed by atoms with Gasteiger partial charge in [-0.25, -0.2) is 0 Å². The molecule has 0 aromatic rings. The van der Waals surface area contributed by atoms with Gasteiger partial charge >= 0.3 is 0 Å². The summed E-state index contributed by atoms with van der Waals surface area (Å²) in [5.41, 5.74) is 0.268. The summed E-state index contributed by atoms with van der Waals surface area (Å²) in [6, 6.07) is 0. The third-order valence-electron chi connectivity index (χ3n) is 3.78.